The molecule has 1 N–H and O–H groups in total. The van der Waals surface area contributed by atoms with Crippen molar-refractivity contribution >= 4 is 51.5 Å². The van der Waals surface area contributed by atoms with Crippen LogP contribution in [0.5, 0.6) is 0 Å². The van der Waals surface area contributed by atoms with Gasteiger partial charge in [0.25, 0.3) is 11.1 Å². The summed E-state index contributed by atoms with van der Waals surface area (Å²) in [6.07, 6.45) is 3.55. The van der Waals surface area contributed by atoms with E-state index in [-0.39, 0.29) is 10.6 Å². The first-order chi connectivity index (χ1) is 13.9. The highest BCUT2D eigenvalue weighted by Crippen LogP contribution is 2.33. The molecule has 0 saturated carbocycles. The summed E-state index contributed by atoms with van der Waals surface area (Å²) in [7, 11) is 1.90. The number of hydrogen-bond donors (Lipinski definition) is 1. The van der Waals surface area contributed by atoms with Crippen molar-refractivity contribution in [2.45, 2.75) is 0 Å². The van der Waals surface area contributed by atoms with Crippen LogP contribution < -0.4 is 5.32 Å². The van der Waals surface area contributed by atoms with E-state index in [9.17, 15) is 18.8 Å². The molecule has 1 aliphatic rings. The van der Waals surface area contributed by atoms with Gasteiger partial charge in [-0.1, -0.05) is 24.3 Å². The van der Waals surface area contributed by atoms with Gasteiger partial charge in [0.1, 0.15) is 12.4 Å². The molecule has 0 bridgehead atoms. The molecule has 0 atom stereocenters. The van der Waals surface area contributed by atoms with E-state index in [1.54, 1.807) is 6.08 Å². The Bertz CT molecular complexity index is 1180. The second-order valence-electron chi connectivity index (χ2n) is 6.54. The third-order valence-corrected chi connectivity index (χ3v) is 5.41. The third kappa shape index (κ3) is 3.79. The van der Waals surface area contributed by atoms with E-state index in [4.69, 9.17) is 0 Å². The summed E-state index contributed by atoms with van der Waals surface area (Å²) in [6, 6.07) is 13.1. The molecule has 4 rings (SSSR count). The van der Waals surface area contributed by atoms with Crippen molar-refractivity contribution in [1.82, 2.24) is 9.47 Å². The van der Waals surface area contributed by atoms with Gasteiger partial charge in [-0.2, -0.15) is 0 Å². The number of benzene rings is 2. The zero-order valence-corrected chi connectivity index (χ0v) is 16.2. The van der Waals surface area contributed by atoms with Gasteiger partial charge in [0.15, 0.2) is 0 Å². The fourth-order valence-corrected chi connectivity index (χ4v) is 4.01. The zero-order valence-electron chi connectivity index (χ0n) is 15.4. The van der Waals surface area contributed by atoms with Crippen LogP contribution in [0.4, 0.5) is 14.9 Å². The van der Waals surface area contributed by atoms with Gasteiger partial charge in [0, 0.05) is 35.4 Å². The van der Waals surface area contributed by atoms with Crippen molar-refractivity contribution in [3.8, 4) is 0 Å². The highest BCUT2D eigenvalue weighted by molar-refractivity contribution is 8.18. The van der Waals surface area contributed by atoms with Crippen molar-refractivity contribution in [3.05, 3.63) is 71.0 Å². The van der Waals surface area contributed by atoms with E-state index >= 15 is 0 Å². The largest absolute Gasteiger partial charge is 0.350 e. The fraction of sp³-hybridized carbons (Fsp3) is 0.0952. The zero-order chi connectivity index (χ0) is 20.5. The third-order valence-electron chi connectivity index (χ3n) is 4.50. The summed E-state index contributed by atoms with van der Waals surface area (Å²) < 4.78 is 15.2. The summed E-state index contributed by atoms with van der Waals surface area (Å²) in [5, 5.41) is 2.93. The maximum atomic E-state index is 13.2. The maximum absolute atomic E-state index is 13.2. The Kier molecular flexibility index (Phi) is 4.94. The minimum atomic E-state index is -0.579. The number of carbonyl (C=O) groups is 3. The minimum absolute atomic E-state index is 0.255. The van der Waals surface area contributed by atoms with E-state index in [0.29, 0.717) is 0 Å². The van der Waals surface area contributed by atoms with Crippen LogP contribution in [-0.4, -0.2) is 33.1 Å². The Morgan fingerprint density at radius 1 is 1.17 bits per heavy atom. The van der Waals surface area contributed by atoms with E-state index in [0.717, 1.165) is 39.2 Å². The highest BCUT2D eigenvalue weighted by atomic mass is 32.2. The number of fused-ring (bicyclic) bond motifs is 1. The normalized spacial score (nSPS) is 15.5. The second kappa shape index (κ2) is 7.56. The first kappa shape index (κ1) is 18.9. The molecule has 8 heteroatoms. The van der Waals surface area contributed by atoms with Gasteiger partial charge in [0.05, 0.1) is 4.91 Å². The number of aryl methyl sites for hydroxylation is 1. The number of thioether (sulfide) groups is 1. The summed E-state index contributed by atoms with van der Waals surface area (Å²) in [6.45, 7) is -0.436. The number of hydrogen-bond acceptors (Lipinski definition) is 4. The van der Waals surface area contributed by atoms with Gasteiger partial charge in [-0.25, -0.2) is 4.39 Å². The number of nitrogens with zero attached hydrogens (tertiary/aromatic N) is 2. The Labute approximate surface area is 170 Å². The average Bonchev–Trinajstić information content (AvgIpc) is 3.13. The van der Waals surface area contributed by atoms with Crippen molar-refractivity contribution in [2.75, 3.05) is 11.9 Å². The fourth-order valence-electron chi connectivity index (χ4n) is 3.18. The van der Waals surface area contributed by atoms with Gasteiger partial charge in [-0.05, 0) is 42.1 Å². The van der Waals surface area contributed by atoms with Gasteiger partial charge in [-0.3, -0.25) is 19.3 Å². The Balaban J connectivity index is 1.52. The number of rotatable bonds is 4. The summed E-state index contributed by atoms with van der Waals surface area (Å²) >= 11 is 0.794. The molecule has 0 spiro atoms. The average molecular weight is 409 g/mol. The SMILES string of the molecule is Cn1cc(/C=C2/SC(=O)N(CC(=O)Nc3cccc(F)c3)C2=O)c2ccccc21. The molecule has 3 aromatic rings. The standard InChI is InChI=1S/C21H16FN3O3S/c1-24-11-13(16-7-2-3-8-17(16)24)9-18-20(27)25(21(28)29-18)12-19(26)23-15-6-4-5-14(22)10-15/h2-11H,12H2,1H3,(H,23,26)/b18-9+. The predicted molar refractivity (Wildman–Crippen MR) is 111 cm³/mol. The molecule has 1 aliphatic heterocycles. The molecule has 0 radical (unpaired) electrons. The molecule has 29 heavy (non-hydrogen) atoms. The van der Waals surface area contributed by atoms with Crippen molar-refractivity contribution in [1.29, 1.82) is 0 Å². The monoisotopic (exact) mass is 409 g/mol. The molecule has 3 amide bonds. The van der Waals surface area contributed by atoms with Crippen LogP contribution in [0, 0.1) is 5.82 Å². The molecule has 0 unspecified atom stereocenters. The molecule has 1 saturated heterocycles. The number of aromatic nitrogens is 1. The van der Waals surface area contributed by atoms with Gasteiger partial charge in [-0.15, -0.1) is 0 Å². The highest BCUT2D eigenvalue weighted by Gasteiger charge is 2.36. The molecular formula is C21H16FN3O3S. The lowest BCUT2D eigenvalue weighted by Gasteiger charge is -2.12. The number of halogens is 1. The summed E-state index contributed by atoms with van der Waals surface area (Å²) in [4.78, 5) is 38.3. The number of para-hydroxylation sites is 1. The number of nitrogens with one attached hydrogen (secondary N) is 1. The second-order valence-corrected chi connectivity index (χ2v) is 7.53. The van der Waals surface area contributed by atoms with Crippen LogP contribution >= 0.6 is 11.8 Å². The van der Waals surface area contributed by atoms with Crippen LogP contribution in [0.25, 0.3) is 17.0 Å². The number of imide groups is 1. The van der Waals surface area contributed by atoms with Crippen LogP contribution in [0.2, 0.25) is 0 Å². The van der Waals surface area contributed by atoms with E-state index in [1.165, 1.54) is 18.2 Å². The Morgan fingerprint density at radius 3 is 2.76 bits per heavy atom. The van der Waals surface area contributed by atoms with E-state index in [2.05, 4.69) is 5.32 Å². The molecular weight excluding hydrogens is 393 g/mol. The molecule has 2 heterocycles. The lowest BCUT2D eigenvalue weighted by Crippen LogP contribution is -2.36. The molecule has 1 aromatic heterocycles. The van der Waals surface area contributed by atoms with Crippen LogP contribution in [-0.2, 0) is 16.6 Å². The Hall–Kier alpha value is -3.39. The van der Waals surface area contributed by atoms with Crippen molar-refractivity contribution in [3.63, 3.8) is 0 Å². The van der Waals surface area contributed by atoms with Gasteiger partial charge < -0.3 is 9.88 Å². The van der Waals surface area contributed by atoms with Crippen LogP contribution in [0.1, 0.15) is 5.56 Å². The van der Waals surface area contributed by atoms with Gasteiger partial charge in [0.2, 0.25) is 5.91 Å². The van der Waals surface area contributed by atoms with E-state index in [1.807, 2.05) is 42.1 Å². The topological polar surface area (TPSA) is 71.4 Å². The molecule has 1 fully saturated rings. The number of anilines is 1. The number of amides is 3. The smallest absolute Gasteiger partial charge is 0.294 e. The molecule has 2 aromatic carbocycles. The minimum Gasteiger partial charge on any atom is -0.350 e. The van der Waals surface area contributed by atoms with Crippen molar-refractivity contribution < 1.29 is 18.8 Å². The van der Waals surface area contributed by atoms with Crippen LogP contribution in [0.3, 0.4) is 0 Å². The Morgan fingerprint density at radius 2 is 1.97 bits per heavy atom. The van der Waals surface area contributed by atoms with Crippen molar-refractivity contribution in [2.24, 2.45) is 7.05 Å². The lowest BCUT2D eigenvalue weighted by molar-refractivity contribution is -0.127. The first-order valence-electron chi connectivity index (χ1n) is 8.77. The lowest BCUT2D eigenvalue weighted by atomic mass is 10.1. The first-order valence-corrected chi connectivity index (χ1v) is 9.59. The van der Waals surface area contributed by atoms with Crippen LogP contribution in [0.15, 0.2) is 59.6 Å². The molecule has 146 valence electrons. The summed E-state index contributed by atoms with van der Waals surface area (Å²) in [5.74, 6) is -1.60. The predicted octanol–water partition coefficient (Wildman–Crippen LogP) is 3.99. The molecule has 0 aliphatic carbocycles. The summed E-state index contributed by atoms with van der Waals surface area (Å²) in [5.41, 5.74) is 2.08. The molecule has 6 nitrogen and oxygen atoms in total. The number of carbonyl (C=O) groups excluding carboxylic acids is 3. The maximum Gasteiger partial charge on any atom is 0.294 e. The quantitative estimate of drug-likeness (QED) is 0.662. The van der Waals surface area contributed by atoms with Gasteiger partial charge >= 0.3 is 0 Å². The van der Waals surface area contributed by atoms with E-state index < -0.39 is 29.4 Å².